The zero-order chi connectivity index (χ0) is 18.5. The summed E-state index contributed by atoms with van der Waals surface area (Å²) in [6, 6.07) is 12.8. The van der Waals surface area contributed by atoms with Crippen LogP contribution in [0.3, 0.4) is 0 Å². The molecule has 0 aliphatic carbocycles. The van der Waals surface area contributed by atoms with E-state index in [0.29, 0.717) is 42.6 Å². The van der Waals surface area contributed by atoms with Gasteiger partial charge in [-0.15, -0.1) is 0 Å². The van der Waals surface area contributed by atoms with E-state index in [-0.39, 0.29) is 17.4 Å². The Kier molecular flexibility index (Phi) is 3.60. The molecule has 0 radical (unpaired) electrons. The molecule has 3 aromatic rings. The van der Waals surface area contributed by atoms with Crippen LogP contribution in [-0.4, -0.2) is 35.6 Å². The summed E-state index contributed by atoms with van der Waals surface area (Å²) in [5.74, 6) is 1.33. The first-order valence-electron chi connectivity index (χ1n) is 9.19. The molecule has 2 atom stereocenters. The number of hydrogen-bond donors (Lipinski definition) is 0. The van der Waals surface area contributed by atoms with Gasteiger partial charge in [0.1, 0.15) is 0 Å². The fourth-order valence-electron chi connectivity index (χ4n) is 4.52. The number of aromatic nitrogens is 1. The molecule has 6 nitrogen and oxygen atoms in total. The first kappa shape index (κ1) is 16.2. The summed E-state index contributed by atoms with van der Waals surface area (Å²) in [4.78, 5) is 27.1. The van der Waals surface area contributed by atoms with Gasteiger partial charge in [-0.25, -0.2) is 0 Å². The van der Waals surface area contributed by atoms with Crippen LogP contribution in [0.2, 0.25) is 0 Å². The Morgan fingerprint density at radius 1 is 1.15 bits per heavy atom. The van der Waals surface area contributed by atoms with Gasteiger partial charge in [-0.05, 0) is 30.5 Å². The number of piperidine rings is 1. The van der Waals surface area contributed by atoms with Gasteiger partial charge in [-0.1, -0.05) is 18.2 Å². The van der Waals surface area contributed by atoms with Gasteiger partial charge in [-0.2, -0.15) is 0 Å². The number of para-hydroxylation sites is 1. The summed E-state index contributed by atoms with van der Waals surface area (Å²) in [5, 5.41) is 0.854. The van der Waals surface area contributed by atoms with Crippen LogP contribution in [0.15, 0.2) is 51.7 Å². The zero-order valence-corrected chi connectivity index (χ0v) is 15.1. The van der Waals surface area contributed by atoms with Crippen molar-refractivity contribution in [3.05, 3.63) is 64.3 Å². The highest BCUT2D eigenvalue weighted by molar-refractivity contribution is 5.97. The number of methoxy groups -OCH3 is 1. The summed E-state index contributed by atoms with van der Waals surface area (Å²) >= 11 is 0. The Labute approximate surface area is 155 Å². The van der Waals surface area contributed by atoms with Crippen molar-refractivity contribution < 1.29 is 13.9 Å². The van der Waals surface area contributed by atoms with Crippen LogP contribution in [0.25, 0.3) is 11.0 Å². The van der Waals surface area contributed by atoms with Crippen molar-refractivity contribution in [3.63, 3.8) is 0 Å². The van der Waals surface area contributed by atoms with Crippen LogP contribution in [0, 0.1) is 5.92 Å². The van der Waals surface area contributed by atoms with E-state index in [2.05, 4.69) is 0 Å². The van der Waals surface area contributed by atoms with Crippen LogP contribution in [0.5, 0.6) is 5.75 Å². The molecular weight excluding hydrogens is 344 g/mol. The molecule has 6 heteroatoms. The van der Waals surface area contributed by atoms with Crippen molar-refractivity contribution in [1.82, 2.24) is 9.47 Å². The van der Waals surface area contributed by atoms with E-state index in [1.807, 2.05) is 33.7 Å². The quantitative estimate of drug-likeness (QED) is 0.701. The second-order valence-electron chi connectivity index (χ2n) is 7.40. The molecule has 0 unspecified atom stereocenters. The smallest absolute Gasteiger partial charge is 0.289 e. The molecule has 1 amide bonds. The van der Waals surface area contributed by atoms with Crippen molar-refractivity contribution in [2.75, 3.05) is 20.2 Å². The van der Waals surface area contributed by atoms with Crippen LogP contribution < -0.4 is 10.3 Å². The molecule has 1 aromatic carbocycles. The van der Waals surface area contributed by atoms with Crippen molar-refractivity contribution in [2.45, 2.75) is 18.9 Å². The van der Waals surface area contributed by atoms with Gasteiger partial charge in [0.2, 0.25) is 0 Å². The second kappa shape index (κ2) is 6.01. The number of nitrogens with zero attached hydrogens (tertiary/aromatic N) is 2. The molecular formula is C21H20N2O4. The normalized spacial score (nSPS) is 21.1. The van der Waals surface area contributed by atoms with Crippen molar-refractivity contribution >= 4 is 16.9 Å². The first-order valence-corrected chi connectivity index (χ1v) is 9.19. The molecule has 2 bridgehead atoms. The number of carbonyl (C=O) groups excluding carboxylic acids is 1. The standard InChI is InChI=1S/C21H20N2O4/c1-26-17-6-2-4-14-9-18(27-20(14)17)21(25)22-10-13-8-15(12-22)16-5-3-7-19(24)23(16)11-13/h2-7,9,13,15H,8,10-12H2,1H3/t13-,15-/m1/s1. The number of benzene rings is 1. The van der Waals surface area contributed by atoms with Gasteiger partial charge < -0.3 is 18.6 Å². The minimum Gasteiger partial charge on any atom is -0.493 e. The monoisotopic (exact) mass is 364 g/mol. The highest BCUT2D eigenvalue weighted by atomic mass is 16.5. The molecule has 5 rings (SSSR count). The topological polar surface area (TPSA) is 64.7 Å². The molecule has 2 aliphatic heterocycles. The van der Waals surface area contributed by atoms with Gasteiger partial charge in [0, 0.05) is 42.7 Å². The summed E-state index contributed by atoms with van der Waals surface area (Å²) in [7, 11) is 1.59. The summed E-state index contributed by atoms with van der Waals surface area (Å²) in [6.07, 6.45) is 1.02. The molecule has 1 fully saturated rings. The van der Waals surface area contributed by atoms with Gasteiger partial charge in [0.15, 0.2) is 17.1 Å². The van der Waals surface area contributed by atoms with E-state index in [1.165, 1.54) is 0 Å². The lowest BCUT2D eigenvalue weighted by Gasteiger charge is -2.42. The predicted octanol–water partition coefficient (Wildman–Crippen LogP) is 2.86. The average Bonchev–Trinajstić information content (AvgIpc) is 3.12. The van der Waals surface area contributed by atoms with Crippen LogP contribution in [-0.2, 0) is 6.54 Å². The Morgan fingerprint density at radius 2 is 2.00 bits per heavy atom. The highest BCUT2D eigenvalue weighted by Crippen LogP contribution is 2.36. The van der Waals surface area contributed by atoms with E-state index in [4.69, 9.17) is 9.15 Å². The van der Waals surface area contributed by atoms with E-state index in [1.54, 1.807) is 25.3 Å². The molecule has 0 N–H and O–H groups in total. The second-order valence-corrected chi connectivity index (χ2v) is 7.40. The molecule has 4 heterocycles. The molecule has 2 aromatic heterocycles. The highest BCUT2D eigenvalue weighted by Gasteiger charge is 2.37. The molecule has 138 valence electrons. The zero-order valence-electron chi connectivity index (χ0n) is 15.1. The third-order valence-corrected chi connectivity index (χ3v) is 5.71. The predicted molar refractivity (Wildman–Crippen MR) is 100 cm³/mol. The van der Waals surface area contributed by atoms with Gasteiger partial charge in [0.05, 0.1) is 7.11 Å². The fourth-order valence-corrected chi connectivity index (χ4v) is 4.52. The van der Waals surface area contributed by atoms with E-state index in [0.717, 1.165) is 17.5 Å². The lowest BCUT2D eigenvalue weighted by molar-refractivity contribution is 0.0566. The summed E-state index contributed by atoms with van der Waals surface area (Å²) < 4.78 is 13.0. The lowest BCUT2D eigenvalue weighted by Crippen LogP contribution is -2.49. The Balaban J connectivity index is 1.46. The number of furan rings is 1. The van der Waals surface area contributed by atoms with Crippen molar-refractivity contribution in [3.8, 4) is 5.75 Å². The van der Waals surface area contributed by atoms with E-state index >= 15 is 0 Å². The van der Waals surface area contributed by atoms with Gasteiger partial charge in [0.25, 0.3) is 11.5 Å². The lowest BCUT2D eigenvalue weighted by atomic mass is 9.83. The average molecular weight is 364 g/mol. The molecule has 27 heavy (non-hydrogen) atoms. The third kappa shape index (κ3) is 2.55. The SMILES string of the molecule is COc1cccc2cc(C(=O)N3C[C@H]4C[C@H](C3)c3cccc(=O)n3C4)oc12. The summed E-state index contributed by atoms with van der Waals surface area (Å²) in [6.45, 7) is 1.92. The maximum absolute atomic E-state index is 13.1. The van der Waals surface area contributed by atoms with Crippen molar-refractivity contribution in [1.29, 1.82) is 0 Å². The Morgan fingerprint density at radius 3 is 2.85 bits per heavy atom. The van der Waals surface area contributed by atoms with Gasteiger partial charge >= 0.3 is 0 Å². The molecule has 2 aliphatic rings. The molecule has 0 spiro atoms. The number of likely N-dealkylation sites (tertiary alicyclic amines) is 1. The van der Waals surface area contributed by atoms with Crippen molar-refractivity contribution in [2.24, 2.45) is 5.92 Å². The van der Waals surface area contributed by atoms with Crippen LogP contribution in [0.1, 0.15) is 28.6 Å². The maximum atomic E-state index is 13.1. The number of carbonyl (C=O) groups is 1. The number of pyridine rings is 1. The third-order valence-electron chi connectivity index (χ3n) is 5.71. The Bertz CT molecular complexity index is 1100. The summed E-state index contributed by atoms with van der Waals surface area (Å²) in [5.41, 5.74) is 1.67. The number of fused-ring (bicyclic) bond motifs is 5. The minimum absolute atomic E-state index is 0.0476. The molecule has 0 saturated carbocycles. The first-order chi connectivity index (χ1) is 13.1. The maximum Gasteiger partial charge on any atom is 0.289 e. The number of hydrogen-bond acceptors (Lipinski definition) is 4. The van der Waals surface area contributed by atoms with Gasteiger partial charge in [-0.3, -0.25) is 9.59 Å². The number of amides is 1. The van der Waals surface area contributed by atoms with Crippen LogP contribution in [0.4, 0.5) is 0 Å². The molecule has 1 saturated heterocycles. The number of rotatable bonds is 2. The fraction of sp³-hybridized carbons (Fsp3) is 0.333. The van der Waals surface area contributed by atoms with Crippen LogP contribution >= 0.6 is 0 Å². The Hall–Kier alpha value is -3.02. The minimum atomic E-state index is -0.102. The van der Waals surface area contributed by atoms with E-state index < -0.39 is 0 Å². The number of ether oxygens (including phenoxy) is 1. The largest absolute Gasteiger partial charge is 0.493 e. The van der Waals surface area contributed by atoms with E-state index in [9.17, 15) is 9.59 Å².